The van der Waals surface area contributed by atoms with Crippen molar-refractivity contribution in [1.29, 1.82) is 0 Å². The van der Waals surface area contributed by atoms with E-state index in [1.165, 1.54) is 6.92 Å². The van der Waals surface area contributed by atoms with Gasteiger partial charge in [-0.25, -0.2) is 9.18 Å². The van der Waals surface area contributed by atoms with E-state index < -0.39 is 12.1 Å². The van der Waals surface area contributed by atoms with Crippen LogP contribution >= 0.6 is 0 Å². The normalized spacial score (nSPS) is 12.1. The van der Waals surface area contributed by atoms with Gasteiger partial charge in [-0.15, -0.1) is 0 Å². The SMILES string of the molecule is CC(F)CCOC(=O)c1ccccc1. The van der Waals surface area contributed by atoms with Crippen LogP contribution in [0.15, 0.2) is 30.3 Å². The van der Waals surface area contributed by atoms with Crippen molar-refractivity contribution in [3.63, 3.8) is 0 Å². The van der Waals surface area contributed by atoms with Crippen molar-refractivity contribution in [2.24, 2.45) is 0 Å². The Kier molecular flexibility index (Phi) is 4.11. The second-order valence-corrected chi connectivity index (χ2v) is 3.07. The Hall–Kier alpha value is -1.38. The van der Waals surface area contributed by atoms with E-state index in [1.807, 2.05) is 6.07 Å². The van der Waals surface area contributed by atoms with Crippen LogP contribution < -0.4 is 0 Å². The lowest BCUT2D eigenvalue weighted by Crippen LogP contribution is -2.08. The number of carbonyl (C=O) groups is 1. The van der Waals surface area contributed by atoms with Gasteiger partial charge in [0.1, 0.15) is 6.17 Å². The smallest absolute Gasteiger partial charge is 0.338 e. The minimum atomic E-state index is -0.932. The summed E-state index contributed by atoms with van der Waals surface area (Å²) in [6.45, 7) is 1.57. The van der Waals surface area contributed by atoms with Crippen LogP contribution in [0.5, 0.6) is 0 Å². The molecule has 1 aromatic rings. The first-order valence-electron chi connectivity index (χ1n) is 4.56. The van der Waals surface area contributed by atoms with Crippen LogP contribution in [0.1, 0.15) is 23.7 Å². The molecule has 0 fully saturated rings. The molecule has 1 aromatic carbocycles. The highest BCUT2D eigenvalue weighted by Crippen LogP contribution is 2.02. The molecule has 0 radical (unpaired) electrons. The van der Waals surface area contributed by atoms with Gasteiger partial charge in [0.25, 0.3) is 0 Å². The molecular weight excluding hydrogens is 183 g/mol. The summed E-state index contributed by atoms with van der Waals surface area (Å²) in [5, 5.41) is 0. The maximum Gasteiger partial charge on any atom is 0.338 e. The third-order valence-electron chi connectivity index (χ3n) is 1.76. The second-order valence-electron chi connectivity index (χ2n) is 3.07. The fraction of sp³-hybridized carbons (Fsp3) is 0.364. The first-order valence-corrected chi connectivity index (χ1v) is 4.56. The zero-order valence-corrected chi connectivity index (χ0v) is 8.07. The van der Waals surface area contributed by atoms with Gasteiger partial charge < -0.3 is 4.74 Å². The van der Waals surface area contributed by atoms with Gasteiger partial charge in [-0.3, -0.25) is 0 Å². The minimum Gasteiger partial charge on any atom is -0.462 e. The Bertz CT molecular complexity index is 283. The molecule has 0 aliphatic carbocycles. The molecule has 0 heterocycles. The number of rotatable bonds is 4. The molecule has 1 atom stereocenters. The molecule has 0 N–H and O–H groups in total. The van der Waals surface area contributed by atoms with Gasteiger partial charge in [0.15, 0.2) is 0 Å². The Labute approximate surface area is 82.7 Å². The van der Waals surface area contributed by atoms with Crippen LogP contribution in [-0.2, 0) is 4.74 Å². The first kappa shape index (κ1) is 10.7. The van der Waals surface area contributed by atoms with Gasteiger partial charge >= 0.3 is 5.97 Å². The summed E-state index contributed by atoms with van der Waals surface area (Å²) in [4.78, 5) is 11.3. The number of esters is 1. The van der Waals surface area contributed by atoms with Crippen LogP contribution in [0.25, 0.3) is 0 Å². The molecule has 0 aliphatic rings. The summed E-state index contributed by atoms with van der Waals surface area (Å²) >= 11 is 0. The molecular formula is C11H13FO2. The topological polar surface area (TPSA) is 26.3 Å². The Morgan fingerprint density at radius 1 is 1.43 bits per heavy atom. The molecule has 0 spiro atoms. The van der Waals surface area contributed by atoms with Crippen LogP contribution in [-0.4, -0.2) is 18.7 Å². The highest BCUT2D eigenvalue weighted by molar-refractivity contribution is 5.89. The molecule has 76 valence electrons. The number of alkyl halides is 1. The van der Waals surface area contributed by atoms with E-state index in [0.717, 1.165) is 0 Å². The number of halogens is 1. The van der Waals surface area contributed by atoms with Crippen molar-refractivity contribution < 1.29 is 13.9 Å². The van der Waals surface area contributed by atoms with Gasteiger partial charge in [0, 0.05) is 6.42 Å². The quantitative estimate of drug-likeness (QED) is 0.692. The fourth-order valence-corrected chi connectivity index (χ4v) is 0.972. The van der Waals surface area contributed by atoms with Gasteiger partial charge in [-0.2, -0.15) is 0 Å². The molecule has 0 saturated heterocycles. The van der Waals surface area contributed by atoms with Crippen LogP contribution in [0, 0.1) is 0 Å². The summed E-state index contributed by atoms with van der Waals surface area (Å²) < 4.78 is 17.2. The minimum absolute atomic E-state index is 0.130. The molecule has 14 heavy (non-hydrogen) atoms. The van der Waals surface area contributed by atoms with Crippen molar-refractivity contribution >= 4 is 5.97 Å². The van der Waals surface area contributed by atoms with E-state index in [1.54, 1.807) is 24.3 Å². The highest BCUT2D eigenvalue weighted by atomic mass is 19.1. The number of ether oxygens (including phenoxy) is 1. The summed E-state index contributed by atoms with van der Waals surface area (Å²) in [6, 6.07) is 8.67. The van der Waals surface area contributed by atoms with Gasteiger partial charge in [0.2, 0.25) is 0 Å². The Balaban J connectivity index is 2.36. The average molecular weight is 196 g/mol. The van der Waals surface area contributed by atoms with E-state index in [0.29, 0.717) is 5.56 Å². The fourth-order valence-electron chi connectivity index (χ4n) is 0.972. The maximum atomic E-state index is 12.4. The lowest BCUT2D eigenvalue weighted by atomic mass is 10.2. The van der Waals surface area contributed by atoms with Crippen molar-refractivity contribution in [1.82, 2.24) is 0 Å². The zero-order valence-electron chi connectivity index (χ0n) is 8.07. The second kappa shape index (κ2) is 5.37. The Morgan fingerprint density at radius 2 is 2.07 bits per heavy atom. The molecule has 0 aliphatic heterocycles. The summed E-state index contributed by atoms with van der Waals surface area (Å²) in [6.07, 6.45) is -0.683. The standard InChI is InChI=1S/C11H13FO2/c1-9(12)7-8-14-11(13)10-5-3-2-4-6-10/h2-6,9H,7-8H2,1H3. The zero-order chi connectivity index (χ0) is 10.4. The summed E-state index contributed by atoms with van der Waals surface area (Å²) in [5.74, 6) is -0.397. The van der Waals surface area contributed by atoms with Crippen molar-refractivity contribution in [3.05, 3.63) is 35.9 Å². The average Bonchev–Trinajstić information content (AvgIpc) is 2.18. The van der Waals surface area contributed by atoms with E-state index in [9.17, 15) is 9.18 Å². The predicted octanol–water partition coefficient (Wildman–Crippen LogP) is 2.59. The molecule has 2 nitrogen and oxygen atoms in total. The molecule has 0 amide bonds. The maximum absolute atomic E-state index is 12.4. The van der Waals surface area contributed by atoms with E-state index in [4.69, 9.17) is 4.74 Å². The van der Waals surface area contributed by atoms with Crippen molar-refractivity contribution in [2.45, 2.75) is 19.5 Å². The third-order valence-corrected chi connectivity index (χ3v) is 1.76. The molecule has 0 bridgehead atoms. The van der Waals surface area contributed by atoms with E-state index >= 15 is 0 Å². The van der Waals surface area contributed by atoms with Crippen molar-refractivity contribution in [2.75, 3.05) is 6.61 Å². The number of hydrogen-bond acceptors (Lipinski definition) is 2. The predicted molar refractivity (Wildman–Crippen MR) is 51.9 cm³/mol. The monoisotopic (exact) mass is 196 g/mol. The molecule has 1 unspecified atom stereocenters. The molecule has 1 rings (SSSR count). The number of carbonyl (C=O) groups excluding carboxylic acids is 1. The van der Waals surface area contributed by atoms with E-state index in [-0.39, 0.29) is 13.0 Å². The van der Waals surface area contributed by atoms with Crippen LogP contribution in [0.3, 0.4) is 0 Å². The summed E-state index contributed by atoms with van der Waals surface area (Å²) in [7, 11) is 0. The highest BCUT2D eigenvalue weighted by Gasteiger charge is 2.06. The number of benzene rings is 1. The van der Waals surface area contributed by atoms with Crippen LogP contribution in [0.4, 0.5) is 4.39 Å². The molecule has 0 aromatic heterocycles. The third kappa shape index (κ3) is 3.56. The van der Waals surface area contributed by atoms with Crippen LogP contribution in [0.2, 0.25) is 0 Å². The summed E-state index contributed by atoms with van der Waals surface area (Å²) in [5.41, 5.74) is 0.499. The van der Waals surface area contributed by atoms with Gasteiger partial charge in [-0.1, -0.05) is 18.2 Å². The largest absolute Gasteiger partial charge is 0.462 e. The molecule has 0 saturated carbocycles. The van der Waals surface area contributed by atoms with E-state index in [2.05, 4.69) is 0 Å². The lowest BCUT2D eigenvalue weighted by Gasteiger charge is -2.04. The molecule has 3 heteroatoms. The Morgan fingerprint density at radius 3 is 2.64 bits per heavy atom. The first-order chi connectivity index (χ1) is 6.70. The van der Waals surface area contributed by atoms with Gasteiger partial charge in [0.05, 0.1) is 12.2 Å². The van der Waals surface area contributed by atoms with Crippen molar-refractivity contribution in [3.8, 4) is 0 Å². The van der Waals surface area contributed by atoms with Gasteiger partial charge in [-0.05, 0) is 19.1 Å². The number of hydrogen-bond donors (Lipinski definition) is 0. The lowest BCUT2D eigenvalue weighted by molar-refractivity contribution is 0.0478.